The van der Waals surface area contributed by atoms with Crippen molar-refractivity contribution in [2.45, 2.75) is 26.2 Å². The Hall–Kier alpha value is -1.40. The molecule has 0 radical (unpaired) electrons. The van der Waals surface area contributed by atoms with Gasteiger partial charge in [-0.2, -0.15) is 24.5 Å². The number of alkyl halides is 3. The minimum Gasteiger partial charge on any atom is -0.309 e. The second kappa shape index (κ2) is 5.93. The maximum atomic E-state index is 13.0. The molecule has 0 fully saturated rings. The van der Waals surface area contributed by atoms with E-state index in [-0.39, 0.29) is 12.1 Å². The molecule has 108 valence electrons. The molecule has 0 unspecified atom stereocenters. The van der Waals surface area contributed by atoms with E-state index < -0.39 is 17.6 Å². The Balaban J connectivity index is 2.08. The van der Waals surface area contributed by atoms with Crippen molar-refractivity contribution in [1.29, 1.82) is 0 Å². The molecule has 2 rings (SSSR count). The third-order valence-electron chi connectivity index (χ3n) is 2.97. The molecule has 0 spiro atoms. The molecule has 6 heteroatoms. The van der Waals surface area contributed by atoms with Crippen LogP contribution in [0.5, 0.6) is 0 Å². The zero-order valence-corrected chi connectivity index (χ0v) is 11.5. The van der Waals surface area contributed by atoms with Gasteiger partial charge in [0.15, 0.2) is 0 Å². The Labute approximate surface area is 118 Å². The summed E-state index contributed by atoms with van der Waals surface area (Å²) < 4.78 is 51.4. The topological polar surface area (TPSA) is 12.0 Å². The molecule has 0 atom stereocenters. The Morgan fingerprint density at radius 1 is 1.10 bits per heavy atom. The summed E-state index contributed by atoms with van der Waals surface area (Å²) >= 11 is 1.55. The van der Waals surface area contributed by atoms with Gasteiger partial charge in [0.2, 0.25) is 0 Å². The molecule has 1 aromatic carbocycles. The minimum atomic E-state index is -4.54. The summed E-state index contributed by atoms with van der Waals surface area (Å²) in [6.45, 7) is 2.49. The smallest absolute Gasteiger partial charge is 0.309 e. The number of halogens is 4. The van der Waals surface area contributed by atoms with Gasteiger partial charge in [-0.15, -0.1) is 0 Å². The Bertz CT molecular complexity index is 589. The maximum Gasteiger partial charge on any atom is 0.416 e. The molecule has 0 aliphatic rings. The molecule has 0 bridgehead atoms. The molecule has 1 nitrogen and oxygen atoms in total. The molecule has 1 N–H and O–H groups in total. The monoisotopic (exact) mass is 303 g/mol. The van der Waals surface area contributed by atoms with Gasteiger partial charge in [0.05, 0.1) is 5.56 Å². The summed E-state index contributed by atoms with van der Waals surface area (Å²) in [5.74, 6) is -0.880. The highest BCUT2D eigenvalue weighted by Crippen LogP contribution is 2.32. The first-order valence-corrected chi connectivity index (χ1v) is 6.90. The van der Waals surface area contributed by atoms with Gasteiger partial charge in [-0.05, 0) is 46.5 Å². The SMILES string of the molecule is Cc1cscc1CNCc1ccc(F)cc1C(F)(F)F. The van der Waals surface area contributed by atoms with Gasteiger partial charge in [0, 0.05) is 13.1 Å². The number of hydrogen-bond donors (Lipinski definition) is 1. The Kier molecular flexibility index (Phi) is 4.45. The minimum absolute atomic E-state index is 0.0460. The van der Waals surface area contributed by atoms with Crippen molar-refractivity contribution in [3.8, 4) is 0 Å². The fraction of sp³-hybridized carbons (Fsp3) is 0.286. The summed E-state index contributed by atoms with van der Waals surface area (Å²) in [5.41, 5.74) is 1.29. The molecule has 20 heavy (non-hydrogen) atoms. The molecule has 0 saturated heterocycles. The van der Waals surface area contributed by atoms with Crippen LogP contribution in [0.4, 0.5) is 17.6 Å². The average molecular weight is 303 g/mol. The van der Waals surface area contributed by atoms with E-state index in [0.29, 0.717) is 12.6 Å². The number of nitrogens with one attached hydrogen (secondary N) is 1. The van der Waals surface area contributed by atoms with Crippen LogP contribution >= 0.6 is 11.3 Å². The van der Waals surface area contributed by atoms with Crippen molar-refractivity contribution in [3.05, 3.63) is 57.0 Å². The maximum absolute atomic E-state index is 13.0. The van der Waals surface area contributed by atoms with Gasteiger partial charge in [-0.25, -0.2) is 4.39 Å². The van der Waals surface area contributed by atoms with Crippen molar-refractivity contribution in [2.24, 2.45) is 0 Å². The van der Waals surface area contributed by atoms with E-state index in [1.165, 1.54) is 6.07 Å². The molecule has 0 amide bonds. The van der Waals surface area contributed by atoms with Crippen LogP contribution in [0.1, 0.15) is 22.3 Å². The van der Waals surface area contributed by atoms with Crippen LogP contribution in [0, 0.1) is 12.7 Å². The molecular formula is C14H13F4NS. The average Bonchev–Trinajstić information content (AvgIpc) is 2.76. The second-order valence-electron chi connectivity index (χ2n) is 4.48. The molecule has 2 aromatic rings. The van der Waals surface area contributed by atoms with Crippen LogP contribution in [0.2, 0.25) is 0 Å². The molecule has 1 aromatic heterocycles. The molecule has 0 aliphatic carbocycles. The van der Waals surface area contributed by atoms with Gasteiger partial charge in [0.1, 0.15) is 5.82 Å². The fourth-order valence-electron chi connectivity index (χ4n) is 1.87. The van der Waals surface area contributed by atoms with Crippen LogP contribution in [0.25, 0.3) is 0 Å². The van der Waals surface area contributed by atoms with E-state index in [2.05, 4.69) is 5.32 Å². The van der Waals surface area contributed by atoms with E-state index in [4.69, 9.17) is 0 Å². The highest BCUT2D eigenvalue weighted by molar-refractivity contribution is 7.08. The lowest BCUT2D eigenvalue weighted by Crippen LogP contribution is -2.17. The van der Waals surface area contributed by atoms with Crippen LogP contribution in [0.15, 0.2) is 29.0 Å². The number of benzene rings is 1. The highest BCUT2D eigenvalue weighted by atomic mass is 32.1. The first-order chi connectivity index (χ1) is 9.38. The summed E-state index contributed by atoms with van der Waals surface area (Å²) in [5, 5.41) is 6.90. The van der Waals surface area contributed by atoms with Crippen LogP contribution in [0.3, 0.4) is 0 Å². The summed E-state index contributed by atoms with van der Waals surface area (Å²) in [6, 6.07) is 2.75. The van der Waals surface area contributed by atoms with Gasteiger partial charge in [-0.3, -0.25) is 0 Å². The largest absolute Gasteiger partial charge is 0.416 e. The molecule has 0 saturated carbocycles. The van der Waals surface area contributed by atoms with E-state index >= 15 is 0 Å². The third-order valence-corrected chi connectivity index (χ3v) is 3.88. The van der Waals surface area contributed by atoms with E-state index in [0.717, 1.165) is 17.2 Å². The standard InChI is InChI=1S/C14H13F4NS/c1-9-7-20-8-11(9)6-19-5-10-2-3-12(15)4-13(10)14(16,17)18/h2-4,7-8,19H,5-6H2,1H3. The van der Waals surface area contributed by atoms with Crippen molar-refractivity contribution >= 4 is 11.3 Å². The summed E-state index contributed by atoms with van der Waals surface area (Å²) in [7, 11) is 0. The lowest BCUT2D eigenvalue weighted by Gasteiger charge is -2.13. The van der Waals surface area contributed by atoms with Gasteiger partial charge < -0.3 is 5.32 Å². The van der Waals surface area contributed by atoms with E-state index in [1.54, 1.807) is 11.3 Å². The lowest BCUT2D eigenvalue weighted by atomic mass is 10.1. The number of hydrogen-bond acceptors (Lipinski definition) is 2. The molecular weight excluding hydrogens is 290 g/mol. The van der Waals surface area contributed by atoms with Crippen molar-refractivity contribution in [2.75, 3.05) is 0 Å². The van der Waals surface area contributed by atoms with Gasteiger partial charge in [0.25, 0.3) is 0 Å². The number of aryl methyl sites for hydroxylation is 1. The van der Waals surface area contributed by atoms with Crippen molar-refractivity contribution < 1.29 is 17.6 Å². The van der Waals surface area contributed by atoms with Gasteiger partial charge in [-0.1, -0.05) is 6.07 Å². The van der Waals surface area contributed by atoms with Crippen LogP contribution in [-0.4, -0.2) is 0 Å². The second-order valence-corrected chi connectivity index (χ2v) is 5.23. The summed E-state index contributed by atoms with van der Waals surface area (Å²) in [6.07, 6.45) is -4.54. The van der Waals surface area contributed by atoms with Crippen LogP contribution < -0.4 is 5.32 Å². The molecule has 0 aliphatic heterocycles. The number of rotatable bonds is 4. The van der Waals surface area contributed by atoms with E-state index in [1.807, 2.05) is 17.7 Å². The first-order valence-electron chi connectivity index (χ1n) is 5.96. The zero-order valence-electron chi connectivity index (χ0n) is 10.7. The van der Waals surface area contributed by atoms with Crippen molar-refractivity contribution in [1.82, 2.24) is 5.32 Å². The van der Waals surface area contributed by atoms with Crippen molar-refractivity contribution in [3.63, 3.8) is 0 Å². The normalized spacial score (nSPS) is 11.8. The molecule has 1 heterocycles. The predicted octanol–water partition coefficient (Wildman–Crippen LogP) is 4.50. The van der Waals surface area contributed by atoms with E-state index in [9.17, 15) is 17.6 Å². The zero-order chi connectivity index (χ0) is 14.8. The Morgan fingerprint density at radius 3 is 2.40 bits per heavy atom. The predicted molar refractivity (Wildman–Crippen MR) is 71.0 cm³/mol. The fourth-order valence-corrected chi connectivity index (χ4v) is 2.72. The quantitative estimate of drug-likeness (QED) is 0.820. The third kappa shape index (κ3) is 3.58. The number of thiophene rings is 1. The summed E-state index contributed by atoms with van der Waals surface area (Å²) in [4.78, 5) is 0. The lowest BCUT2D eigenvalue weighted by molar-refractivity contribution is -0.138. The first kappa shape index (κ1) is 15.0. The Morgan fingerprint density at radius 2 is 1.80 bits per heavy atom. The van der Waals surface area contributed by atoms with Crippen LogP contribution in [-0.2, 0) is 19.3 Å². The highest BCUT2D eigenvalue weighted by Gasteiger charge is 2.33. The van der Waals surface area contributed by atoms with Gasteiger partial charge >= 0.3 is 6.18 Å².